The minimum absolute atomic E-state index is 0.149. The molecule has 5 rings (SSSR count). The number of thiophene rings is 1. The number of rotatable bonds is 6. The van der Waals surface area contributed by atoms with Gasteiger partial charge in [-0.3, -0.25) is 14.7 Å². The van der Waals surface area contributed by atoms with E-state index in [1.54, 1.807) is 35.6 Å². The van der Waals surface area contributed by atoms with E-state index in [1.165, 1.54) is 37.0 Å². The average molecular weight is 450 g/mol. The van der Waals surface area contributed by atoms with Crippen molar-refractivity contribution in [1.29, 1.82) is 0 Å². The van der Waals surface area contributed by atoms with Crippen LogP contribution in [0.2, 0.25) is 0 Å². The lowest BCUT2D eigenvalue weighted by atomic mass is 9.88. The molecule has 1 N–H and O–H groups in total. The summed E-state index contributed by atoms with van der Waals surface area (Å²) >= 11 is 2.03. The van der Waals surface area contributed by atoms with Crippen LogP contribution in [0.1, 0.15) is 77.0 Å². The number of piperidine rings is 1. The van der Waals surface area contributed by atoms with Crippen molar-refractivity contribution in [2.24, 2.45) is 0 Å². The van der Waals surface area contributed by atoms with Crippen LogP contribution < -0.4 is 5.32 Å². The van der Waals surface area contributed by atoms with E-state index in [0.29, 0.717) is 11.6 Å². The highest BCUT2D eigenvalue weighted by Crippen LogP contribution is 2.37. The molecule has 4 heterocycles. The summed E-state index contributed by atoms with van der Waals surface area (Å²) in [6.07, 6.45) is 14.0. The molecular weight excluding hydrogens is 418 g/mol. The van der Waals surface area contributed by atoms with Crippen LogP contribution in [-0.2, 0) is 6.54 Å². The fourth-order valence-corrected chi connectivity index (χ4v) is 6.24. The molecule has 3 aromatic heterocycles. The van der Waals surface area contributed by atoms with Gasteiger partial charge in [-0.1, -0.05) is 19.3 Å². The fraction of sp³-hybridized carbons (Fsp3) is 0.480. The van der Waals surface area contributed by atoms with Crippen molar-refractivity contribution < 1.29 is 4.79 Å². The summed E-state index contributed by atoms with van der Waals surface area (Å²) in [4.78, 5) is 22.2. The van der Waals surface area contributed by atoms with Gasteiger partial charge >= 0.3 is 0 Å². The van der Waals surface area contributed by atoms with Gasteiger partial charge in [0.2, 0.25) is 0 Å². The Morgan fingerprint density at radius 3 is 2.66 bits per heavy atom. The molecule has 1 saturated carbocycles. The number of carbonyl (C=O) groups excluding carboxylic acids is 1. The largest absolute Gasteiger partial charge is 0.307 e. The molecule has 1 amide bonds. The van der Waals surface area contributed by atoms with Crippen LogP contribution >= 0.6 is 11.3 Å². The zero-order chi connectivity index (χ0) is 21.8. The van der Waals surface area contributed by atoms with E-state index in [9.17, 15) is 4.79 Å². The summed E-state index contributed by atoms with van der Waals surface area (Å²) in [5.41, 5.74) is 0.554. The number of hydrogen-bond acceptors (Lipinski definition) is 5. The molecule has 2 fully saturated rings. The molecule has 0 atom stereocenters. The average Bonchev–Trinajstić information content (AvgIpc) is 3.51. The number of nitrogens with zero attached hydrogens (tertiary/aromatic N) is 4. The minimum atomic E-state index is -0.149. The molecule has 32 heavy (non-hydrogen) atoms. The Kier molecular flexibility index (Phi) is 6.64. The first kappa shape index (κ1) is 21.3. The molecule has 0 aromatic carbocycles. The lowest BCUT2D eigenvalue weighted by molar-refractivity contribution is 0.102. The Balaban J connectivity index is 1.15. The van der Waals surface area contributed by atoms with Gasteiger partial charge in [0.1, 0.15) is 5.82 Å². The van der Waals surface area contributed by atoms with Crippen molar-refractivity contribution in [2.75, 3.05) is 18.4 Å². The van der Waals surface area contributed by atoms with Gasteiger partial charge in [0.15, 0.2) is 0 Å². The quantitative estimate of drug-likeness (QED) is 0.541. The molecule has 3 aromatic rings. The fourth-order valence-electron chi connectivity index (χ4n) is 5.02. The van der Waals surface area contributed by atoms with E-state index < -0.39 is 0 Å². The van der Waals surface area contributed by atoms with E-state index in [0.717, 1.165) is 44.2 Å². The normalized spacial score (nSPS) is 18.6. The van der Waals surface area contributed by atoms with Crippen molar-refractivity contribution in [3.63, 3.8) is 0 Å². The zero-order valence-corrected chi connectivity index (χ0v) is 19.3. The number of nitrogens with one attached hydrogen (secondary N) is 1. The van der Waals surface area contributed by atoms with E-state index in [1.807, 2.05) is 22.1 Å². The lowest BCUT2D eigenvalue weighted by Gasteiger charge is -2.32. The van der Waals surface area contributed by atoms with Crippen molar-refractivity contribution in [1.82, 2.24) is 19.7 Å². The number of hydrogen-bond donors (Lipinski definition) is 1. The van der Waals surface area contributed by atoms with Gasteiger partial charge in [-0.2, -0.15) is 5.10 Å². The van der Waals surface area contributed by atoms with Crippen molar-refractivity contribution >= 4 is 23.1 Å². The monoisotopic (exact) mass is 449 g/mol. The third kappa shape index (κ3) is 4.94. The number of aromatic nitrogens is 3. The Bertz CT molecular complexity index is 1020. The van der Waals surface area contributed by atoms with Gasteiger partial charge in [-0.05, 0) is 55.9 Å². The Labute approximate surface area is 193 Å². The summed E-state index contributed by atoms with van der Waals surface area (Å²) in [5.74, 6) is 1.41. The highest BCUT2D eigenvalue weighted by atomic mass is 32.1. The molecule has 0 unspecified atom stereocenters. The third-order valence-corrected chi connectivity index (χ3v) is 8.04. The molecule has 1 saturated heterocycles. The van der Waals surface area contributed by atoms with Gasteiger partial charge in [-0.15, -0.1) is 11.3 Å². The first-order chi connectivity index (χ1) is 15.8. The second-order valence-corrected chi connectivity index (χ2v) is 10.2. The van der Waals surface area contributed by atoms with Gasteiger partial charge < -0.3 is 5.32 Å². The summed E-state index contributed by atoms with van der Waals surface area (Å²) in [6.45, 7) is 3.15. The van der Waals surface area contributed by atoms with E-state index >= 15 is 0 Å². The SMILES string of the molecule is O=C(Nc1ccnn1C1CCN(Cc2ccc(C3CCCCC3)s2)CC1)c1cccnc1. The maximum absolute atomic E-state index is 12.5. The highest BCUT2D eigenvalue weighted by molar-refractivity contribution is 7.12. The predicted octanol–water partition coefficient (Wildman–Crippen LogP) is 5.48. The second kappa shape index (κ2) is 9.96. The molecule has 7 heteroatoms. The van der Waals surface area contributed by atoms with E-state index in [2.05, 4.69) is 32.4 Å². The second-order valence-electron chi connectivity index (χ2n) is 9.00. The van der Waals surface area contributed by atoms with Crippen LogP contribution in [0.25, 0.3) is 0 Å². The Morgan fingerprint density at radius 2 is 1.88 bits per heavy atom. The topological polar surface area (TPSA) is 63.1 Å². The number of pyridine rings is 1. The van der Waals surface area contributed by atoms with Crippen LogP contribution in [0.15, 0.2) is 48.9 Å². The number of likely N-dealkylation sites (tertiary alicyclic amines) is 1. The number of anilines is 1. The molecule has 0 bridgehead atoms. The summed E-state index contributed by atoms with van der Waals surface area (Å²) < 4.78 is 1.98. The van der Waals surface area contributed by atoms with E-state index in [-0.39, 0.29) is 5.91 Å². The van der Waals surface area contributed by atoms with Crippen LogP contribution in [0.4, 0.5) is 5.82 Å². The zero-order valence-electron chi connectivity index (χ0n) is 18.4. The molecular formula is C25H31N5OS. The van der Waals surface area contributed by atoms with Crippen LogP contribution in [0.3, 0.4) is 0 Å². The Hall–Kier alpha value is -2.51. The first-order valence-electron chi connectivity index (χ1n) is 11.8. The molecule has 1 aliphatic heterocycles. The number of amides is 1. The van der Waals surface area contributed by atoms with Gasteiger partial charge in [0.05, 0.1) is 17.8 Å². The first-order valence-corrected chi connectivity index (χ1v) is 12.6. The van der Waals surface area contributed by atoms with E-state index in [4.69, 9.17) is 0 Å². The van der Waals surface area contributed by atoms with Crippen LogP contribution in [-0.4, -0.2) is 38.7 Å². The highest BCUT2D eigenvalue weighted by Gasteiger charge is 2.24. The molecule has 2 aliphatic rings. The van der Waals surface area contributed by atoms with Crippen molar-refractivity contribution in [3.8, 4) is 0 Å². The van der Waals surface area contributed by atoms with Crippen molar-refractivity contribution in [2.45, 2.75) is 63.5 Å². The Morgan fingerprint density at radius 1 is 1.03 bits per heavy atom. The predicted molar refractivity (Wildman–Crippen MR) is 128 cm³/mol. The third-order valence-electron chi connectivity index (χ3n) is 6.81. The summed E-state index contributed by atoms with van der Waals surface area (Å²) in [6, 6.07) is 10.5. The molecule has 6 nitrogen and oxygen atoms in total. The maximum atomic E-state index is 12.5. The van der Waals surface area contributed by atoms with Crippen molar-refractivity contribution in [3.05, 3.63) is 64.2 Å². The van der Waals surface area contributed by atoms with Crippen LogP contribution in [0, 0.1) is 0 Å². The maximum Gasteiger partial charge on any atom is 0.258 e. The minimum Gasteiger partial charge on any atom is -0.307 e. The van der Waals surface area contributed by atoms with Gasteiger partial charge in [0.25, 0.3) is 5.91 Å². The lowest BCUT2D eigenvalue weighted by Crippen LogP contribution is -2.34. The molecule has 0 radical (unpaired) electrons. The van der Waals surface area contributed by atoms with Gasteiger partial charge in [-0.25, -0.2) is 4.68 Å². The number of carbonyl (C=O) groups is 1. The summed E-state index contributed by atoms with van der Waals surface area (Å²) in [7, 11) is 0. The molecule has 168 valence electrons. The smallest absolute Gasteiger partial charge is 0.258 e. The van der Waals surface area contributed by atoms with Gasteiger partial charge in [0, 0.05) is 47.8 Å². The molecule has 1 aliphatic carbocycles. The van der Waals surface area contributed by atoms with Crippen LogP contribution in [0.5, 0.6) is 0 Å². The standard InChI is InChI=1S/C25H31N5OS/c31-25(20-7-4-13-26-17-20)28-24-10-14-27-30(24)21-11-15-29(16-12-21)18-22-8-9-23(32-22)19-5-2-1-3-6-19/h4,7-10,13-14,17,19,21H,1-3,5-6,11-12,15-16,18H2,(H,28,31). The summed E-state index contributed by atoms with van der Waals surface area (Å²) in [5, 5.41) is 7.52. The molecule has 0 spiro atoms.